The fourth-order valence-electron chi connectivity index (χ4n) is 6.98. The van der Waals surface area contributed by atoms with Crippen LogP contribution in [0.1, 0.15) is 44.2 Å². The Hall–Kier alpha value is -4.70. The van der Waals surface area contributed by atoms with Gasteiger partial charge in [-0.2, -0.15) is 0 Å². The molecule has 0 radical (unpaired) electrons. The molecule has 2 aliphatic heterocycles. The van der Waals surface area contributed by atoms with Crippen LogP contribution in [-0.2, 0) is 59.6 Å². The highest BCUT2D eigenvalue weighted by molar-refractivity contribution is 5.91. The lowest BCUT2D eigenvalue weighted by atomic mass is 9.50. The molecule has 16 nitrogen and oxygen atoms in total. The number of hydrogen-bond acceptors (Lipinski definition) is 14. The second-order valence-corrected chi connectivity index (χ2v) is 11.4. The average Bonchev–Trinajstić information content (AvgIpc) is 3.30. The number of likely N-dealkylation sites (N-methyl/N-ethyl adjacent to an activating group) is 1. The van der Waals surface area contributed by atoms with Crippen LogP contribution < -0.4 is 4.74 Å². The van der Waals surface area contributed by atoms with Gasteiger partial charge >= 0.3 is 35.8 Å². The van der Waals surface area contributed by atoms with Crippen molar-refractivity contribution in [3.63, 3.8) is 0 Å². The number of carboxylic acid groups (broad SMARTS) is 2. The molecule has 0 saturated carbocycles. The Bertz CT molecular complexity index is 1520. The van der Waals surface area contributed by atoms with Crippen molar-refractivity contribution in [3.05, 3.63) is 35.1 Å². The summed E-state index contributed by atoms with van der Waals surface area (Å²) in [6.45, 7) is 2.25. The van der Waals surface area contributed by atoms with Gasteiger partial charge < -0.3 is 49.0 Å². The Balaban J connectivity index is 1.49. The van der Waals surface area contributed by atoms with Gasteiger partial charge in [0.1, 0.15) is 5.76 Å². The maximum Gasteiger partial charge on any atom is 0.357 e. The first kappa shape index (κ1) is 31.7. The molecule has 1 saturated heterocycles. The summed E-state index contributed by atoms with van der Waals surface area (Å²) in [4.78, 5) is 75.1. The molecule has 2 heterocycles. The number of carbonyl (C=O) groups excluding carboxylic acids is 4. The van der Waals surface area contributed by atoms with E-state index in [0.717, 1.165) is 19.4 Å². The van der Waals surface area contributed by atoms with Crippen LogP contribution in [0.4, 0.5) is 0 Å². The molecule has 1 fully saturated rings. The lowest BCUT2D eigenvalue weighted by Gasteiger charge is -2.61. The van der Waals surface area contributed by atoms with E-state index in [-0.39, 0.29) is 29.7 Å². The molecular weight excluding hydrogens is 602 g/mol. The normalized spacial score (nSPS) is 27.8. The number of carbonyl (C=O) groups is 6. The number of aromatic hydroxyl groups is 1. The highest BCUT2D eigenvalue weighted by Gasteiger charge is 2.72. The van der Waals surface area contributed by atoms with Crippen LogP contribution in [0, 0.1) is 0 Å². The predicted molar refractivity (Wildman–Crippen MR) is 144 cm³/mol. The van der Waals surface area contributed by atoms with Crippen molar-refractivity contribution in [3.8, 4) is 11.5 Å². The van der Waals surface area contributed by atoms with Crippen molar-refractivity contribution in [1.29, 1.82) is 0 Å². The number of hydrogen-bond donors (Lipinski definition) is 4. The summed E-state index contributed by atoms with van der Waals surface area (Å²) in [5, 5.41) is 41.2. The Kier molecular flexibility index (Phi) is 7.99. The third kappa shape index (κ3) is 5.12. The van der Waals surface area contributed by atoms with Gasteiger partial charge in [-0.15, -0.1) is 0 Å². The number of nitrogens with zero attached hydrogens (tertiary/aromatic N) is 1. The number of esters is 4. The second-order valence-electron chi connectivity index (χ2n) is 11.4. The van der Waals surface area contributed by atoms with Gasteiger partial charge in [-0.3, -0.25) is 14.4 Å². The number of carboxylic acids is 2. The number of piperidine rings is 1. The Labute approximate surface area is 255 Å². The quantitative estimate of drug-likeness (QED) is 0.189. The van der Waals surface area contributed by atoms with E-state index in [1.165, 1.54) is 12.1 Å². The highest BCUT2D eigenvalue weighted by atomic mass is 16.6. The van der Waals surface area contributed by atoms with Gasteiger partial charge in [0.05, 0.1) is 17.4 Å². The van der Waals surface area contributed by atoms with Gasteiger partial charge in [0.25, 0.3) is 0 Å². The van der Waals surface area contributed by atoms with Crippen LogP contribution in [0.2, 0.25) is 0 Å². The van der Waals surface area contributed by atoms with Gasteiger partial charge in [0, 0.05) is 31.9 Å². The standard InChI is InChI=1S/C29H31NO15/c1-12(31)41-22(23(42-13(2)32)27(39)44-17(25(36)37)11-19(34)35)26(38)43-16-6-7-29(40)18-10-14-4-5-15(33)21-20(14)28(29,24(16)45-21)8-9-30(18)3/h4-6,17-18,22-24,33,40H,7-11H2,1-3H3,(H,34,35)(H,36,37)/t17-,18-,22+,23+,24-,28-,29+/m0/s1. The molecule has 7 atom stereocenters. The first-order valence-corrected chi connectivity index (χ1v) is 14.0. The zero-order valence-electron chi connectivity index (χ0n) is 24.4. The van der Waals surface area contributed by atoms with Gasteiger partial charge in [0.15, 0.2) is 17.6 Å². The minimum atomic E-state index is -2.39. The van der Waals surface area contributed by atoms with Crippen molar-refractivity contribution >= 4 is 35.8 Å². The molecule has 0 aromatic heterocycles. The monoisotopic (exact) mass is 633 g/mol. The largest absolute Gasteiger partial charge is 0.504 e. The van der Waals surface area contributed by atoms with E-state index < -0.39 is 77.7 Å². The number of benzene rings is 1. The minimum Gasteiger partial charge on any atom is -0.504 e. The zero-order chi connectivity index (χ0) is 33.0. The van der Waals surface area contributed by atoms with Crippen LogP contribution in [-0.4, -0.2) is 111 Å². The summed E-state index contributed by atoms with van der Waals surface area (Å²) >= 11 is 0. The molecule has 5 rings (SSSR count). The van der Waals surface area contributed by atoms with Gasteiger partial charge in [-0.25, -0.2) is 14.4 Å². The maximum atomic E-state index is 13.6. The molecular formula is C29H31NO15. The van der Waals surface area contributed by atoms with Crippen LogP contribution in [0.3, 0.4) is 0 Å². The number of phenolic OH excluding ortho intramolecular Hbond substituents is 1. The second kappa shape index (κ2) is 11.3. The fourth-order valence-corrected chi connectivity index (χ4v) is 6.98. The van der Waals surface area contributed by atoms with E-state index in [1.54, 1.807) is 6.07 Å². The number of aliphatic carboxylic acids is 2. The Morgan fingerprint density at radius 1 is 1.02 bits per heavy atom. The summed E-state index contributed by atoms with van der Waals surface area (Å²) in [6.07, 6.45) is -7.07. The third-order valence-electron chi connectivity index (χ3n) is 8.79. The number of ether oxygens (including phenoxy) is 5. The highest BCUT2D eigenvalue weighted by Crippen LogP contribution is 2.65. The maximum absolute atomic E-state index is 13.6. The molecule has 0 amide bonds. The van der Waals surface area contributed by atoms with Gasteiger partial charge in [0.2, 0.25) is 18.3 Å². The Morgan fingerprint density at radius 3 is 2.27 bits per heavy atom. The van der Waals surface area contributed by atoms with Gasteiger partial charge in [-0.05, 0) is 44.1 Å². The minimum absolute atomic E-state index is 0.0118. The van der Waals surface area contributed by atoms with Crippen molar-refractivity contribution in [2.75, 3.05) is 13.6 Å². The van der Waals surface area contributed by atoms with E-state index in [0.29, 0.717) is 24.9 Å². The smallest absolute Gasteiger partial charge is 0.357 e. The predicted octanol–water partition coefficient (Wildman–Crippen LogP) is -0.452. The molecule has 16 heteroatoms. The summed E-state index contributed by atoms with van der Waals surface area (Å²) in [5.74, 6) is -9.12. The number of likely N-dealkylation sites (tertiary alicyclic amines) is 1. The number of phenols is 1. The summed E-state index contributed by atoms with van der Waals surface area (Å²) in [5.41, 5.74) is -1.13. The Morgan fingerprint density at radius 2 is 1.67 bits per heavy atom. The lowest BCUT2D eigenvalue weighted by Crippen LogP contribution is -2.74. The lowest BCUT2D eigenvalue weighted by molar-refractivity contribution is -0.195. The third-order valence-corrected chi connectivity index (χ3v) is 8.79. The molecule has 4 aliphatic rings. The molecule has 45 heavy (non-hydrogen) atoms. The molecule has 1 aromatic carbocycles. The van der Waals surface area contributed by atoms with E-state index in [4.69, 9.17) is 28.8 Å². The van der Waals surface area contributed by atoms with Crippen molar-refractivity contribution < 1.29 is 72.9 Å². The van der Waals surface area contributed by atoms with E-state index in [1.807, 2.05) is 11.9 Å². The van der Waals surface area contributed by atoms with Crippen LogP contribution >= 0.6 is 0 Å². The SMILES string of the molecule is CC(=O)O[C@@H](C(=O)OC1=CC[C@@]2(O)[C@@H]3Cc4ccc(O)c5c4[C@@]2(CCN3C)[C@H]1O5)[C@@H](OC(C)=O)C(=O)O[C@@H](CC(=O)O)C(=O)O. The van der Waals surface area contributed by atoms with E-state index in [2.05, 4.69) is 0 Å². The summed E-state index contributed by atoms with van der Waals surface area (Å²) in [6, 6.07) is 2.87. The summed E-state index contributed by atoms with van der Waals surface area (Å²) < 4.78 is 26.5. The molecule has 1 aromatic rings. The number of aliphatic hydroxyl groups is 1. The zero-order valence-corrected chi connectivity index (χ0v) is 24.4. The first-order chi connectivity index (χ1) is 21.1. The molecule has 242 valence electrons. The van der Waals surface area contributed by atoms with Crippen molar-refractivity contribution in [2.24, 2.45) is 0 Å². The van der Waals surface area contributed by atoms with E-state index >= 15 is 0 Å². The number of rotatable bonds is 10. The van der Waals surface area contributed by atoms with Gasteiger partial charge in [-0.1, -0.05) is 6.07 Å². The van der Waals surface area contributed by atoms with Crippen molar-refractivity contribution in [2.45, 2.75) is 81.0 Å². The van der Waals surface area contributed by atoms with Crippen LogP contribution in [0.5, 0.6) is 11.5 Å². The summed E-state index contributed by atoms with van der Waals surface area (Å²) in [7, 11) is 1.88. The van der Waals surface area contributed by atoms with Crippen molar-refractivity contribution in [1.82, 2.24) is 4.90 Å². The molecule has 2 bridgehead atoms. The topological polar surface area (TPSA) is 233 Å². The molecule has 0 unspecified atom stereocenters. The average molecular weight is 634 g/mol. The van der Waals surface area contributed by atoms with Crippen LogP contribution in [0.15, 0.2) is 24.0 Å². The molecule has 1 spiro atoms. The molecule has 2 aliphatic carbocycles. The molecule has 4 N–H and O–H groups in total. The fraction of sp³-hybridized carbons (Fsp3) is 0.517. The van der Waals surface area contributed by atoms with Crippen LogP contribution in [0.25, 0.3) is 0 Å². The first-order valence-electron chi connectivity index (χ1n) is 14.0. The van der Waals surface area contributed by atoms with E-state index in [9.17, 15) is 44.1 Å².